The Morgan fingerprint density at radius 2 is 2.12 bits per heavy atom. The topological polar surface area (TPSA) is 50.1 Å². The van der Waals surface area contributed by atoms with Crippen molar-refractivity contribution in [3.63, 3.8) is 0 Å². The summed E-state index contributed by atoms with van der Waals surface area (Å²) in [6, 6.07) is 8.78. The number of ether oxygens (including phenoxy) is 1. The lowest BCUT2D eigenvalue weighted by molar-refractivity contribution is -0.120. The number of nitrogens with zero attached hydrogens (tertiary/aromatic N) is 1. The second-order valence-electron chi connectivity index (χ2n) is 3.53. The van der Waals surface area contributed by atoms with Crippen LogP contribution in [0.2, 0.25) is 5.02 Å². The molecule has 0 aliphatic rings. The van der Waals surface area contributed by atoms with E-state index in [-0.39, 0.29) is 12.2 Å². The molecule has 0 spiro atoms. The zero-order chi connectivity index (χ0) is 12.7. The van der Waals surface area contributed by atoms with E-state index in [1.165, 1.54) is 0 Å². The molecule has 0 bridgehead atoms. The standard InChI is InChI=1S/C13H14ClNO2/c1-2-17-8-7-13(16)12(9-15)10-3-5-11(14)6-4-10/h3-6,12H,2,7-8H2,1H3. The van der Waals surface area contributed by atoms with Gasteiger partial charge in [-0.05, 0) is 24.6 Å². The molecule has 1 unspecified atom stereocenters. The van der Waals surface area contributed by atoms with Gasteiger partial charge in [0.2, 0.25) is 0 Å². The van der Waals surface area contributed by atoms with Gasteiger partial charge in [-0.2, -0.15) is 5.26 Å². The molecule has 0 aliphatic heterocycles. The number of carbonyl (C=O) groups is 1. The molecule has 0 aliphatic carbocycles. The molecule has 1 aromatic carbocycles. The van der Waals surface area contributed by atoms with E-state index in [1.54, 1.807) is 24.3 Å². The number of benzene rings is 1. The zero-order valence-electron chi connectivity index (χ0n) is 9.65. The Labute approximate surface area is 106 Å². The van der Waals surface area contributed by atoms with Crippen LogP contribution in [0.5, 0.6) is 0 Å². The van der Waals surface area contributed by atoms with Gasteiger partial charge >= 0.3 is 0 Å². The van der Waals surface area contributed by atoms with Crippen LogP contribution in [0.3, 0.4) is 0 Å². The van der Waals surface area contributed by atoms with Crippen molar-refractivity contribution in [3.8, 4) is 6.07 Å². The molecular weight excluding hydrogens is 238 g/mol. The smallest absolute Gasteiger partial charge is 0.156 e. The second kappa shape index (κ2) is 7.05. The van der Waals surface area contributed by atoms with E-state index < -0.39 is 5.92 Å². The summed E-state index contributed by atoms with van der Waals surface area (Å²) in [7, 11) is 0. The lowest BCUT2D eigenvalue weighted by atomic mass is 9.95. The minimum absolute atomic E-state index is 0.122. The number of ketones is 1. The highest BCUT2D eigenvalue weighted by Gasteiger charge is 2.19. The Bertz CT molecular complexity index is 408. The van der Waals surface area contributed by atoms with Crippen LogP contribution in [0.15, 0.2) is 24.3 Å². The molecule has 0 radical (unpaired) electrons. The summed E-state index contributed by atoms with van der Waals surface area (Å²) in [6.45, 7) is 2.80. The first-order chi connectivity index (χ1) is 8.19. The van der Waals surface area contributed by atoms with Crippen molar-refractivity contribution in [2.24, 2.45) is 0 Å². The number of nitriles is 1. The van der Waals surface area contributed by atoms with E-state index in [2.05, 4.69) is 0 Å². The van der Waals surface area contributed by atoms with Gasteiger partial charge in [-0.25, -0.2) is 0 Å². The summed E-state index contributed by atoms with van der Waals surface area (Å²) >= 11 is 5.75. The third-order valence-corrected chi connectivity index (χ3v) is 2.60. The average molecular weight is 252 g/mol. The van der Waals surface area contributed by atoms with Gasteiger partial charge in [-0.15, -0.1) is 0 Å². The van der Waals surface area contributed by atoms with E-state index in [0.29, 0.717) is 23.8 Å². The van der Waals surface area contributed by atoms with Crippen molar-refractivity contribution in [3.05, 3.63) is 34.9 Å². The van der Waals surface area contributed by atoms with Gasteiger partial charge in [0, 0.05) is 18.1 Å². The maximum Gasteiger partial charge on any atom is 0.156 e. The Morgan fingerprint density at radius 1 is 1.47 bits per heavy atom. The van der Waals surface area contributed by atoms with Crippen molar-refractivity contribution in [1.82, 2.24) is 0 Å². The second-order valence-corrected chi connectivity index (χ2v) is 3.96. The zero-order valence-corrected chi connectivity index (χ0v) is 10.4. The van der Waals surface area contributed by atoms with Crippen LogP contribution in [0.4, 0.5) is 0 Å². The normalized spacial score (nSPS) is 11.8. The van der Waals surface area contributed by atoms with Gasteiger partial charge in [0.1, 0.15) is 5.92 Å². The van der Waals surface area contributed by atoms with Gasteiger partial charge in [-0.1, -0.05) is 23.7 Å². The molecule has 0 saturated heterocycles. The van der Waals surface area contributed by atoms with Crippen LogP contribution in [-0.2, 0) is 9.53 Å². The molecule has 90 valence electrons. The first-order valence-electron chi connectivity index (χ1n) is 5.44. The first-order valence-corrected chi connectivity index (χ1v) is 5.82. The third kappa shape index (κ3) is 4.18. The van der Waals surface area contributed by atoms with Crippen LogP contribution in [-0.4, -0.2) is 19.0 Å². The van der Waals surface area contributed by atoms with Crippen molar-refractivity contribution < 1.29 is 9.53 Å². The quantitative estimate of drug-likeness (QED) is 0.731. The highest BCUT2D eigenvalue weighted by molar-refractivity contribution is 6.30. The highest BCUT2D eigenvalue weighted by atomic mass is 35.5. The van der Waals surface area contributed by atoms with Crippen molar-refractivity contribution in [1.29, 1.82) is 5.26 Å². The fourth-order valence-corrected chi connectivity index (χ4v) is 1.58. The summed E-state index contributed by atoms with van der Waals surface area (Å²) in [5.74, 6) is -0.851. The number of hydrogen-bond acceptors (Lipinski definition) is 3. The summed E-state index contributed by atoms with van der Waals surface area (Å²) in [5.41, 5.74) is 0.679. The van der Waals surface area contributed by atoms with Gasteiger partial charge in [0.05, 0.1) is 12.7 Å². The molecule has 0 saturated carbocycles. The lowest BCUT2D eigenvalue weighted by Crippen LogP contribution is -2.13. The molecule has 0 fully saturated rings. The maximum absolute atomic E-state index is 11.8. The fraction of sp³-hybridized carbons (Fsp3) is 0.385. The van der Waals surface area contributed by atoms with Crippen molar-refractivity contribution in [2.75, 3.05) is 13.2 Å². The minimum Gasteiger partial charge on any atom is -0.381 e. The van der Waals surface area contributed by atoms with Gasteiger partial charge in [-0.3, -0.25) is 4.79 Å². The van der Waals surface area contributed by atoms with E-state index in [1.807, 2.05) is 13.0 Å². The minimum atomic E-state index is -0.729. The fourth-order valence-electron chi connectivity index (χ4n) is 1.45. The molecule has 0 amide bonds. The molecule has 0 heterocycles. The van der Waals surface area contributed by atoms with Crippen LogP contribution < -0.4 is 0 Å². The molecule has 3 nitrogen and oxygen atoms in total. The molecule has 17 heavy (non-hydrogen) atoms. The molecular formula is C13H14ClNO2. The Kier molecular flexibility index (Phi) is 5.68. The predicted molar refractivity (Wildman–Crippen MR) is 65.9 cm³/mol. The molecule has 1 rings (SSSR count). The van der Waals surface area contributed by atoms with Crippen LogP contribution in [0.25, 0.3) is 0 Å². The van der Waals surface area contributed by atoms with Gasteiger partial charge < -0.3 is 4.74 Å². The SMILES string of the molecule is CCOCCC(=O)C(C#N)c1ccc(Cl)cc1. The van der Waals surface area contributed by atoms with E-state index in [4.69, 9.17) is 21.6 Å². The summed E-state index contributed by atoms with van der Waals surface area (Å²) in [6.07, 6.45) is 0.259. The van der Waals surface area contributed by atoms with E-state index in [0.717, 1.165) is 0 Å². The Hall–Kier alpha value is -1.37. The number of hydrogen-bond donors (Lipinski definition) is 0. The largest absolute Gasteiger partial charge is 0.381 e. The molecule has 0 N–H and O–H groups in total. The van der Waals surface area contributed by atoms with Gasteiger partial charge in [0.15, 0.2) is 5.78 Å². The monoisotopic (exact) mass is 251 g/mol. The third-order valence-electron chi connectivity index (χ3n) is 2.35. The maximum atomic E-state index is 11.8. The summed E-state index contributed by atoms with van der Waals surface area (Å²) in [4.78, 5) is 11.8. The first kappa shape index (κ1) is 13.7. The molecule has 1 atom stereocenters. The summed E-state index contributed by atoms with van der Waals surface area (Å²) < 4.78 is 5.10. The van der Waals surface area contributed by atoms with Crippen molar-refractivity contribution in [2.45, 2.75) is 19.3 Å². The van der Waals surface area contributed by atoms with Crippen molar-refractivity contribution >= 4 is 17.4 Å². The molecule has 1 aromatic rings. The summed E-state index contributed by atoms with van der Waals surface area (Å²) in [5, 5.41) is 9.62. The van der Waals surface area contributed by atoms with Crippen LogP contribution >= 0.6 is 11.6 Å². The van der Waals surface area contributed by atoms with Crippen LogP contribution in [0, 0.1) is 11.3 Å². The highest BCUT2D eigenvalue weighted by Crippen LogP contribution is 2.20. The van der Waals surface area contributed by atoms with Gasteiger partial charge in [0.25, 0.3) is 0 Å². The molecule has 0 aromatic heterocycles. The molecule has 4 heteroatoms. The predicted octanol–water partition coefficient (Wildman–Crippen LogP) is 2.94. The number of Topliss-reactive ketones (excluding diaryl/α,β-unsaturated/α-hetero) is 1. The lowest BCUT2D eigenvalue weighted by Gasteiger charge is -2.08. The number of halogens is 1. The van der Waals surface area contributed by atoms with E-state index in [9.17, 15) is 4.79 Å². The number of carbonyl (C=O) groups excluding carboxylic acids is 1. The van der Waals surface area contributed by atoms with Crippen LogP contribution in [0.1, 0.15) is 24.8 Å². The van der Waals surface area contributed by atoms with E-state index >= 15 is 0 Å². The Balaban J connectivity index is 2.68. The average Bonchev–Trinajstić information content (AvgIpc) is 2.33. The number of rotatable bonds is 6. The Morgan fingerprint density at radius 3 is 2.65 bits per heavy atom.